The Balaban J connectivity index is 1.65. The van der Waals surface area contributed by atoms with E-state index in [9.17, 15) is 0 Å². The maximum absolute atomic E-state index is 4.41. The van der Waals surface area contributed by atoms with Crippen LogP contribution in [0, 0.1) is 0 Å². The van der Waals surface area contributed by atoms with E-state index in [0.29, 0.717) is 12.1 Å². The van der Waals surface area contributed by atoms with E-state index in [1.165, 1.54) is 44.5 Å². The third-order valence-corrected chi connectivity index (χ3v) is 5.57. The quantitative estimate of drug-likeness (QED) is 0.516. The van der Waals surface area contributed by atoms with E-state index in [1.54, 1.807) is 0 Å². The van der Waals surface area contributed by atoms with Gasteiger partial charge in [-0.15, -0.1) is 0 Å². The lowest BCUT2D eigenvalue weighted by Crippen LogP contribution is -2.49. The lowest BCUT2D eigenvalue weighted by molar-refractivity contribution is 0.206. The largest absolute Gasteiger partial charge is 0.356 e. The molecule has 2 N–H and O–H groups in total. The van der Waals surface area contributed by atoms with Crippen LogP contribution < -0.4 is 10.6 Å². The van der Waals surface area contributed by atoms with Gasteiger partial charge in [0.2, 0.25) is 0 Å². The second kappa shape index (κ2) is 12.0. The van der Waals surface area contributed by atoms with Gasteiger partial charge in [0.15, 0.2) is 5.96 Å². The average Bonchev–Trinajstić information content (AvgIpc) is 2.69. The summed E-state index contributed by atoms with van der Waals surface area (Å²) in [5.74, 6) is 0.946. The van der Waals surface area contributed by atoms with Gasteiger partial charge in [-0.05, 0) is 51.8 Å². The Bertz CT molecular complexity index is 537. The number of piperidine rings is 1. The van der Waals surface area contributed by atoms with Crippen LogP contribution in [0.15, 0.2) is 35.3 Å². The molecular formula is C22H39N5. The summed E-state index contributed by atoms with van der Waals surface area (Å²) in [7, 11) is 4.07. The van der Waals surface area contributed by atoms with E-state index in [4.69, 9.17) is 0 Å². The van der Waals surface area contributed by atoms with Crippen LogP contribution >= 0.6 is 0 Å². The molecule has 5 heteroatoms. The first-order chi connectivity index (χ1) is 13.1. The molecule has 2 rings (SSSR count). The molecule has 1 heterocycles. The Morgan fingerprint density at radius 2 is 1.96 bits per heavy atom. The highest BCUT2D eigenvalue weighted by Crippen LogP contribution is 2.11. The Hall–Kier alpha value is -1.59. The van der Waals surface area contributed by atoms with Crippen molar-refractivity contribution in [3.05, 3.63) is 35.9 Å². The van der Waals surface area contributed by atoms with Crippen molar-refractivity contribution in [1.82, 2.24) is 20.4 Å². The van der Waals surface area contributed by atoms with Crippen LogP contribution in [0.3, 0.4) is 0 Å². The lowest BCUT2D eigenvalue weighted by Gasteiger charge is -2.33. The van der Waals surface area contributed by atoms with Crippen molar-refractivity contribution in [1.29, 1.82) is 0 Å². The lowest BCUT2D eigenvalue weighted by atomic mass is 10.1. The molecule has 152 valence electrons. The van der Waals surface area contributed by atoms with Crippen LogP contribution in [0.4, 0.5) is 0 Å². The van der Waals surface area contributed by atoms with E-state index in [2.05, 4.69) is 76.7 Å². The molecule has 0 amide bonds. The van der Waals surface area contributed by atoms with Crippen molar-refractivity contribution >= 4 is 5.96 Å². The summed E-state index contributed by atoms with van der Waals surface area (Å²) in [5, 5.41) is 7.11. The summed E-state index contributed by atoms with van der Waals surface area (Å²) in [6, 6.07) is 11.7. The van der Waals surface area contributed by atoms with E-state index in [0.717, 1.165) is 25.5 Å². The minimum absolute atomic E-state index is 0.521. The third-order valence-electron chi connectivity index (χ3n) is 5.57. The number of nitrogens with zero attached hydrogens (tertiary/aromatic N) is 3. The number of hydrogen-bond donors (Lipinski definition) is 2. The van der Waals surface area contributed by atoms with Crippen LogP contribution in [-0.2, 0) is 6.54 Å². The number of nitrogens with one attached hydrogen (secondary N) is 2. The summed E-state index contributed by atoms with van der Waals surface area (Å²) in [6.45, 7) is 10.1. The maximum Gasteiger partial charge on any atom is 0.191 e. The molecule has 27 heavy (non-hydrogen) atoms. The van der Waals surface area contributed by atoms with E-state index in [1.807, 2.05) is 7.05 Å². The predicted molar refractivity (Wildman–Crippen MR) is 116 cm³/mol. The molecule has 0 saturated carbocycles. The summed E-state index contributed by atoms with van der Waals surface area (Å²) in [4.78, 5) is 9.40. The van der Waals surface area contributed by atoms with Crippen LogP contribution in [0.25, 0.3) is 0 Å². The number of likely N-dealkylation sites (tertiary alicyclic amines) is 1. The second-order valence-electron chi connectivity index (χ2n) is 7.80. The highest BCUT2D eigenvalue weighted by Gasteiger charge is 2.19. The van der Waals surface area contributed by atoms with Crippen molar-refractivity contribution in [2.24, 2.45) is 4.99 Å². The fraction of sp³-hybridized carbons (Fsp3) is 0.682. The maximum atomic E-state index is 4.41. The van der Waals surface area contributed by atoms with Gasteiger partial charge in [-0.3, -0.25) is 9.89 Å². The molecule has 1 aliphatic rings. The van der Waals surface area contributed by atoms with Crippen molar-refractivity contribution in [3.8, 4) is 0 Å². The molecule has 1 unspecified atom stereocenters. The summed E-state index contributed by atoms with van der Waals surface area (Å²) >= 11 is 0. The third kappa shape index (κ3) is 7.89. The first-order valence-electron chi connectivity index (χ1n) is 10.6. The molecule has 5 nitrogen and oxygen atoms in total. The van der Waals surface area contributed by atoms with Crippen molar-refractivity contribution in [2.45, 2.75) is 58.2 Å². The highest BCUT2D eigenvalue weighted by atomic mass is 15.2. The summed E-state index contributed by atoms with van der Waals surface area (Å²) in [5.41, 5.74) is 1.37. The molecule has 1 fully saturated rings. The van der Waals surface area contributed by atoms with Crippen molar-refractivity contribution in [2.75, 3.05) is 40.3 Å². The number of benzene rings is 1. The molecule has 0 bridgehead atoms. The zero-order valence-electron chi connectivity index (χ0n) is 17.7. The first-order valence-corrected chi connectivity index (χ1v) is 10.6. The monoisotopic (exact) mass is 373 g/mol. The smallest absolute Gasteiger partial charge is 0.191 e. The summed E-state index contributed by atoms with van der Waals surface area (Å²) in [6.07, 6.45) is 4.75. The number of aliphatic imine (C=N–C) groups is 1. The summed E-state index contributed by atoms with van der Waals surface area (Å²) < 4.78 is 0. The first kappa shape index (κ1) is 21.7. The zero-order chi connectivity index (χ0) is 19.5. The number of guanidine groups is 1. The van der Waals surface area contributed by atoms with E-state index >= 15 is 0 Å². The molecule has 1 atom stereocenters. The van der Waals surface area contributed by atoms with Gasteiger partial charge in [0.25, 0.3) is 0 Å². The van der Waals surface area contributed by atoms with E-state index in [-0.39, 0.29) is 0 Å². The fourth-order valence-electron chi connectivity index (χ4n) is 3.65. The minimum atomic E-state index is 0.521. The fourth-order valence-corrected chi connectivity index (χ4v) is 3.65. The second-order valence-corrected chi connectivity index (χ2v) is 7.80. The van der Waals surface area contributed by atoms with Gasteiger partial charge >= 0.3 is 0 Å². The van der Waals surface area contributed by atoms with E-state index < -0.39 is 0 Å². The molecular weight excluding hydrogens is 334 g/mol. The number of rotatable bonds is 9. The van der Waals surface area contributed by atoms with Gasteiger partial charge in [0, 0.05) is 45.3 Å². The molecule has 0 radical (unpaired) electrons. The molecule has 1 aromatic rings. The molecule has 0 aromatic heterocycles. The Kier molecular flexibility index (Phi) is 9.64. The molecule has 0 spiro atoms. The Labute approximate surface area is 166 Å². The Morgan fingerprint density at radius 1 is 1.26 bits per heavy atom. The van der Waals surface area contributed by atoms with Crippen molar-refractivity contribution in [3.63, 3.8) is 0 Å². The van der Waals surface area contributed by atoms with Gasteiger partial charge < -0.3 is 15.5 Å². The van der Waals surface area contributed by atoms with Gasteiger partial charge in [0.05, 0.1) is 0 Å². The average molecular weight is 374 g/mol. The van der Waals surface area contributed by atoms with Crippen LogP contribution in [0.5, 0.6) is 0 Å². The molecule has 1 saturated heterocycles. The SMILES string of the molecule is CCCN1CCC(NC(=NC)NCCC(C)N(C)Cc2ccccc2)CC1. The molecule has 0 aliphatic carbocycles. The normalized spacial score (nSPS) is 17.9. The van der Waals surface area contributed by atoms with Gasteiger partial charge in [-0.1, -0.05) is 37.3 Å². The Morgan fingerprint density at radius 3 is 2.59 bits per heavy atom. The number of hydrogen-bond acceptors (Lipinski definition) is 3. The standard InChI is InChI=1S/C22H39N5/c1-5-15-27-16-12-21(13-17-27)25-22(23-3)24-14-11-19(2)26(4)18-20-9-7-6-8-10-20/h6-10,19,21H,5,11-18H2,1-4H3,(H2,23,24,25). The minimum Gasteiger partial charge on any atom is -0.356 e. The topological polar surface area (TPSA) is 42.9 Å². The van der Waals surface area contributed by atoms with Gasteiger partial charge in [-0.25, -0.2) is 0 Å². The molecule has 1 aromatic carbocycles. The van der Waals surface area contributed by atoms with Gasteiger partial charge in [-0.2, -0.15) is 0 Å². The van der Waals surface area contributed by atoms with Gasteiger partial charge in [0.1, 0.15) is 0 Å². The molecule has 1 aliphatic heterocycles. The van der Waals surface area contributed by atoms with Crippen LogP contribution in [-0.4, -0.2) is 68.1 Å². The van der Waals surface area contributed by atoms with Crippen molar-refractivity contribution < 1.29 is 0 Å². The van der Waals surface area contributed by atoms with Crippen LogP contribution in [0.2, 0.25) is 0 Å². The highest BCUT2D eigenvalue weighted by molar-refractivity contribution is 5.79. The predicted octanol–water partition coefficient (Wildman–Crippen LogP) is 2.94. The van der Waals surface area contributed by atoms with Crippen LogP contribution in [0.1, 0.15) is 45.1 Å². The zero-order valence-corrected chi connectivity index (χ0v) is 17.7.